The second-order valence-corrected chi connectivity index (χ2v) is 12.6. The van der Waals surface area contributed by atoms with Gasteiger partial charge in [-0.1, -0.05) is 19.1 Å². The highest BCUT2D eigenvalue weighted by molar-refractivity contribution is 7.20. The van der Waals surface area contributed by atoms with Crippen LogP contribution in [-0.4, -0.2) is 47.8 Å². The highest BCUT2D eigenvalue weighted by atomic mass is 32.1. The minimum absolute atomic E-state index is 0.103. The van der Waals surface area contributed by atoms with E-state index in [-0.39, 0.29) is 23.7 Å². The quantitative estimate of drug-likeness (QED) is 0.263. The fourth-order valence-corrected chi connectivity index (χ4v) is 7.69. The van der Waals surface area contributed by atoms with Crippen molar-refractivity contribution in [2.75, 3.05) is 13.2 Å². The number of thiophene rings is 1. The van der Waals surface area contributed by atoms with Gasteiger partial charge in [0.25, 0.3) is 0 Å². The number of aromatic nitrogens is 6. The molecule has 0 bridgehead atoms. The lowest BCUT2D eigenvalue weighted by Gasteiger charge is -2.33. The van der Waals surface area contributed by atoms with E-state index in [0.717, 1.165) is 61.5 Å². The fourth-order valence-electron chi connectivity index (χ4n) is 6.24. The molecule has 1 unspecified atom stereocenters. The third-order valence-corrected chi connectivity index (χ3v) is 9.48. The molecule has 0 spiro atoms. The number of halogens is 1. The van der Waals surface area contributed by atoms with E-state index in [4.69, 9.17) is 9.72 Å². The first-order valence-corrected chi connectivity index (χ1v) is 14.6. The molecular formula is C30H35FN6O2S. The van der Waals surface area contributed by atoms with E-state index in [1.807, 2.05) is 34.0 Å². The summed E-state index contributed by atoms with van der Waals surface area (Å²) >= 11 is 1.58. The number of pyridine rings is 2. The molecule has 1 aliphatic rings. The Hall–Kier alpha value is -3.21. The maximum atomic E-state index is 15.7. The van der Waals surface area contributed by atoms with E-state index in [1.54, 1.807) is 28.3 Å². The highest BCUT2D eigenvalue weighted by Gasteiger charge is 2.37. The number of rotatable bonds is 6. The normalized spacial score (nSPS) is 16.0. The maximum absolute atomic E-state index is 15.7. The molecule has 0 radical (unpaired) electrons. The second-order valence-electron chi connectivity index (χ2n) is 11.6. The smallest absolute Gasteiger partial charge is 0.146 e. The largest absolute Gasteiger partial charge is 0.385 e. The van der Waals surface area contributed by atoms with Crippen LogP contribution in [0.5, 0.6) is 0 Å². The molecule has 1 fully saturated rings. The Kier molecular flexibility index (Phi) is 6.75. The summed E-state index contributed by atoms with van der Waals surface area (Å²) in [7, 11) is 1.87. The topological polar surface area (TPSA) is 90.9 Å². The number of hydrogen-bond acceptors (Lipinski definition) is 7. The standard InChI is InChI=1S/C30H35FN6O2S/c1-16(2)22-27-28(40-29(22)30(4,5)38)24-21(14-19(15-33-24)25-17(3)34-35-36(25)6)37(27)26(18-9-12-39-13-10-18)23-20(31)8-7-11-32-23/h7-8,11,14-16,18,26,38H,9-10,12-13H2,1-6H3. The minimum Gasteiger partial charge on any atom is -0.385 e. The lowest BCUT2D eigenvalue weighted by Crippen LogP contribution is -2.28. The summed E-state index contributed by atoms with van der Waals surface area (Å²) in [5.41, 5.74) is 5.78. The van der Waals surface area contributed by atoms with Gasteiger partial charge in [0.15, 0.2) is 0 Å². The van der Waals surface area contributed by atoms with E-state index in [9.17, 15) is 5.11 Å². The van der Waals surface area contributed by atoms with Gasteiger partial charge < -0.3 is 14.4 Å². The SMILES string of the molecule is Cc1nnn(C)c1-c1cnc2c3sc(C(C)(C)O)c(C(C)C)c3n(C(c3ncccc3F)C3CCOCC3)c2c1. The zero-order valence-corrected chi connectivity index (χ0v) is 24.6. The summed E-state index contributed by atoms with van der Waals surface area (Å²) in [6.07, 6.45) is 5.11. The van der Waals surface area contributed by atoms with Crippen LogP contribution >= 0.6 is 11.3 Å². The lowest BCUT2D eigenvalue weighted by molar-refractivity contribution is 0.0542. The van der Waals surface area contributed by atoms with Crippen molar-refractivity contribution in [1.29, 1.82) is 0 Å². The molecule has 1 atom stereocenters. The number of ether oxygens (including phenoxy) is 1. The van der Waals surface area contributed by atoms with Crippen molar-refractivity contribution >= 4 is 32.6 Å². The molecule has 40 heavy (non-hydrogen) atoms. The van der Waals surface area contributed by atoms with Crippen LogP contribution in [0.4, 0.5) is 4.39 Å². The van der Waals surface area contributed by atoms with Gasteiger partial charge in [-0.15, -0.1) is 16.4 Å². The van der Waals surface area contributed by atoms with Crippen LogP contribution in [0.25, 0.3) is 32.5 Å². The van der Waals surface area contributed by atoms with Crippen molar-refractivity contribution in [3.05, 3.63) is 58.2 Å². The Morgan fingerprint density at radius 3 is 2.58 bits per heavy atom. The average molecular weight is 563 g/mol. The monoisotopic (exact) mass is 562 g/mol. The minimum atomic E-state index is -1.04. The third-order valence-electron chi connectivity index (χ3n) is 7.96. The van der Waals surface area contributed by atoms with Gasteiger partial charge in [0.2, 0.25) is 0 Å². The van der Waals surface area contributed by atoms with Crippen molar-refractivity contribution in [2.24, 2.45) is 13.0 Å². The molecule has 0 amide bonds. The molecule has 0 aliphatic carbocycles. The molecule has 5 aromatic heterocycles. The van der Waals surface area contributed by atoms with Crippen LogP contribution < -0.4 is 0 Å². The zero-order chi connectivity index (χ0) is 28.3. The van der Waals surface area contributed by atoms with Gasteiger partial charge in [0.05, 0.1) is 44.5 Å². The molecule has 210 valence electrons. The Morgan fingerprint density at radius 2 is 1.95 bits per heavy atom. The van der Waals surface area contributed by atoms with Gasteiger partial charge in [0.1, 0.15) is 11.3 Å². The second kappa shape index (κ2) is 10.0. The molecule has 1 aliphatic heterocycles. The Morgan fingerprint density at radius 1 is 1.20 bits per heavy atom. The first-order chi connectivity index (χ1) is 19.1. The summed E-state index contributed by atoms with van der Waals surface area (Å²) in [4.78, 5) is 10.5. The number of nitrogens with zero attached hydrogens (tertiary/aromatic N) is 6. The zero-order valence-electron chi connectivity index (χ0n) is 23.8. The van der Waals surface area contributed by atoms with Crippen LogP contribution in [-0.2, 0) is 17.4 Å². The molecule has 10 heteroatoms. The molecular weight excluding hydrogens is 527 g/mol. The molecule has 6 heterocycles. The van der Waals surface area contributed by atoms with Gasteiger partial charge in [0, 0.05) is 43.1 Å². The molecule has 5 aromatic rings. The molecule has 1 N–H and O–H groups in total. The summed E-state index contributed by atoms with van der Waals surface area (Å²) < 4.78 is 26.4. The number of fused-ring (bicyclic) bond motifs is 3. The molecule has 1 saturated heterocycles. The number of hydrogen-bond donors (Lipinski definition) is 1. The maximum Gasteiger partial charge on any atom is 0.146 e. The van der Waals surface area contributed by atoms with Crippen molar-refractivity contribution in [3.8, 4) is 11.3 Å². The van der Waals surface area contributed by atoms with E-state index < -0.39 is 5.60 Å². The van der Waals surface area contributed by atoms with Gasteiger partial charge in [-0.05, 0) is 69.2 Å². The summed E-state index contributed by atoms with van der Waals surface area (Å²) in [6.45, 7) is 11.1. The molecule has 6 rings (SSSR count). The summed E-state index contributed by atoms with van der Waals surface area (Å²) in [5, 5.41) is 19.7. The van der Waals surface area contributed by atoms with Crippen LogP contribution in [0.15, 0.2) is 30.6 Å². The van der Waals surface area contributed by atoms with Gasteiger partial charge in [-0.2, -0.15) is 0 Å². The van der Waals surface area contributed by atoms with Gasteiger partial charge in [-0.3, -0.25) is 9.97 Å². The average Bonchev–Trinajstić information content (AvgIpc) is 3.56. The summed E-state index contributed by atoms with van der Waals surface area (Å²) in [6, 6.07) is 4.87. The van der Waals surface area contributed by atoms with Crippen molar-refractivity contribution in [3.63, 3.8) is 0 Å². The summed E-state index contributed by atoms with van der Waals surface area (Å²) in [5.74, 6) is -0.106. The Labute approximate surface area is 236 Å². The van der Waals surface area contributed by atoms with Gasteiger partial charge >= 0.3 is 0 Å². The predicted molar refractivity (Wildman–Crippen MR) is 155 cm³/mol. The first-order valence-electron chi connectivity index (χ1n) is 13.8. The van der Waals surface area contributed by atoms with Gasteiger partial charge in [-0.25, -0.2) is 9.07 Å². The van der Waals surface area contributed by atoms with Crippen LogP contribution in [0.1, 0.15) is 74.3 Å². The number of aryl methyl sites for hydroxylation is 2. The first kappa shape index (κ1) is 27.0. The van der Waals surface area contributed by atoms with E-state index >= 15 is 4.39 Å². The van der Waals surface area contributed by atoms with Crippen LogP contribution in [0.3, 0.4) is 0 Å². The predicted octanol–water partition coefficient (Wildman–Crippen LogP) is 6.26. The van der Waals surface area contributed by atoms with Crippen molar-refractivity contribution < 1.29 is 14.2 Å². The molecule has 0 aromatic carbocycles. The van der Waals surface area contributed by atoms with Crippen molar-refractivity contribution in [1.82, 2.24) is 29.5 Å². The third kappa shape index (κ3) is 4.33. The molecule has 8 nitrogen and oxygen atoms in total. The van der Waals surface area contributed by atoms with Crippen LogP contribution in [0.2, 0.25) is 0 Å². The van der Waals surface area contributed by atoms with Crippen molar-refractivity contribution in [2.45, 2.75) is 65.0 Å². The fraction of sp³-hybridized carbons (Fsp3) is 0.467. The molecule has 0 saturated carbocycles. The Balaban J connectivity index is 1.76. The van der Waals surface area contributed by atoms with E-state index in [0.29, 0.717) is 18.9 Å². The van der Waals surface area contributed by atoms with Crippen LogP contribution in [0, 0.1) is 18.7 Å². The van der Waals surface area contributed by atoms with E-state index in [2.05, 4.69) is 39.8 Å². The Bertz CT molecular complexity index is 1690. The highest BCUT2D eigenvalue weighted by Crippen LogP contribution is 2.49. The lowest BCUT2D eigenvalue weighted by atomic mass is 9.88. The number of aliphatic hydroxyl groups is 1. The van der Waals surface area contributed by atoms with E-state index in [1.165, 1.54) is 6.07 Å².